The van der Waals surface area contributed by atoms with Gasteiger partial charge in [0.2, 0.25) is 5.91 Å². The van der Waals surface area contributed by atoms with Gasteiger partial charge in [0.1, 0.15) is 12.1 Å². The molecule has 0 aliphatic carbocycles. The van der Waals surface area contributed by atoms with Gasteiger partial charge in [-0.05, 0) is 11.5 Å². The molecule has 5 heteroatoms. The zero-order chi connectivity index (χ0) is 13.7. The fourth-order valence-electron chi connectivity index (χ4n) is 1.57. The lowest BCUT2D eigenvalue weighted by Gasteiger charge is -2.20. The van der Waals surface area contributed by atoms with Crippen LogP contribution in [0.4, 0.5) is 0 Å². The second-order valence-electron chi connectivity index (χ2n) is 4.46. The van der Waals surface area contributed by atoms with Gasteiger partial charge < -0.3 is 16.2 Å². The molecule has 18 heavy (non-hydrogen) atoms. The Morgan fingerprint density at radius 2 is 1.78 bits per heavy atom. The molecule has 0 radical (unpaired) electrons. The van der Waals surface area contributed by atoms with Crippen LogP contribution in [0.3, 0.4) is 0 Å². The highest BCUT2D eigenvalue weighted by atomic mass is 16.4. The summed E-state index contributed by atoms with van der Waals surface area (Å²) in [6, 6.07) is 7.06. The highest BCUT2D eigenvalue weighted by Gasteiger charge is 2.26. The van der Waals surface area contributed by atoms with Crippen molar-refractivity contribution in [1.82, 2.24) is 5.32 Å². The maximum atomic E-state index is 11.9. The molecule has 0 bridgehead atoms. The third-order valence-electron chi connectivity index (χ3n) is 2.67. The smallest absolute Gasteiger partial charge is 0.326 e. The Hall–Kier alpha value is -1.88. The molecule has 0 aliphatic heterocycles. The highest BCUT2D eigenvalue weighted by Crippen LogP contribution is 2.11. The third kappa shape index (κ3) is 3.56. The Bertz CT molecular complexity index is 418. The summed E-state index contributed by atoms with van der Waals surface area (Å²) in [4.78, 5) is 22.8. The predicted octanol–water partition coefficient (Wildman–Crippen LogP) is 0.912. The van der Waals surface area contributed by atoms with Crippen LogP contribution in [-0.4, -0.2) is 23.0 Å². The van der Waals surface area contributed by atoms with E-state index in [1.807, 2.05) is 6.07 Å². The summed E-state index contributed by atoms with van der Waals surface area (Å²) in [5, 5.41) is 11.4. The molecule has 0 spiro atoms. The summed E-state index contributed by atoms with van der Waals surface area (Å²) in [6.45, 7) is 3.46. The Balaban J connectivity index is 2.73. The number of carbonyl (C=O) groups excluding carboxylic acids is 1. The van der Waals surface area contributed by atoms with Crippen molar-refractivity contribution in [2.24, 2.45) is 11.7 Å². The number of rotatable bonds is 5. The predicted molar refractivity (Wildman–Crippen MR) is 67.8 cm³/mol. The summed E-state index contributed by atoms with van der Waals surface area (Å²) in [7, 11) is 0. The minimum absolute atomic E-state index is 0.200. The van der Waals surface area contributed by atoms with Crippen molar-refractivity contribution >= 4 is 11.9 Å². The number of hydrogen-bond donors (Lipinski definition) is 3. The lowest BCUT2D eigenvalue weighted by Crippen LogP contribution is -2.47. The van der Waals surface area contributed by atoms with Crippen LogP contribution in [0.1, 0.15) is 25.5 Å². The van der Waals surface area contributed by atoms with Gasteiger partial charge in [0.05, 0.1) is 0 Å². The number of carboxylic acids is 1. The van der Waals surface area contributed by atoms with Gasteiger partial charge in [0, 0.05) is 0 Å². The molecule has 98 valence electrons. The molecule has 1 aromatic carbocycles. The number of benzene rings is 1. The van der Waals surface area contributed by atoms with Crippen molar-refractivity contribution in [2.45, 2.75) is 25.9 Å². The Labute approximate surface area is 106 Å². The van der Waals surface area contributed by atoms with E-state index in [-0.39, 0.29) is 5.92 Å². The number of hydrogen-bond acceptors (Lipinski definition) is 3. The molecular weight excluding hydrogens is 232 g/mol. The van der Waals surface area contributed by atoms with Crippen LogP contribution in [0.2, 0.25) is 0 Å². The van der Waals surface area contributed by atoms with Crippen LogP contribution in [-0.2, 0) is 9.59 Å². The van der Waals surface area contributed by atoms with Gasteiger partial charge in [-0.25, -0.2) is 4.79 Å². The molecule has 1 aromatic rings. The molecule has 0 saturated heterocycles. The van der Waals surface area contributed by atoms with E-state index in [4.69, 9.17) is 10.8 Å². The lowest BCUT2D eigenvalue weighted by atomic mass is 10.0. The molecular formula is C13H18N2O3. The van der Waals surface area contributed by atoms with E-state index < -0.39 is 24.0 Å². The number of carbonyl (C=O) groups is 2. The van der Waals surface area contributed by atoms with Gasteiger partial charge >= 0.3 is 5.97 Å². The summed E-state index contributed by atoms with van der Waals surface area (Å²) < 4.78 is 0. The topological polar surface area (TPSA) is 92.4 Å². The first-order valence-corrected chi connectivity index (χ1v) is 5.77. The minimum atomic E-state index is -1.06. The van der Waals surface area contributed by atoms with Crippen molar-refractivity contribution in [3.8, 4) is 0 Å². The minimum Gasteiger partial charge on any atom is -0.480 e. The molecule has 0 unspecified atom stereocenters. The fourth-order valence-corrected chi connectivity index (χ4v) is 1.57. The third-order valence-corrected chi connectivity index (χ3v) is 2.67. The van der Waals surface area contributed by atoms with Gasteiger partial charge in [-0.2, -0.15) is 0 Å². The van der Waals surface area contributed by atoms with Crippen LogP contribution in [0.25, 0.3) is 0 Å². The van der Waals surface area contributed by atoms with Gasteiger partial charge in [0.15, 0.2) is 0 Å². The zero-order valence-corrected chi connectivity index (χ0v) is 10.5. The molecule has 0 fully saturated rings. The maximum absolute atomic E-state index is 11.9. The van der Waals surface area contributed by atoms with E-state index in [1.165, 1.54) is 0 Å². The Morgan fingerprint density at radius 3 is 2.22 bits per heavy atom. The quantitative estimate of drug-likeness (QED) is 0.724. The maximum Gasteiger partial charge on any atom is 0.326 e. The second-order valence-corrected chi connectivity index (χ2v) is 4.46. The van der Waals surface area contributed by atoms with E-state index >= 15 is 0 Å². The van der Waals surface area contributed by atoms with Gasteiger partial charge in [-0.3, -0.25) is 4.79 Å². The number of nitrogens with two attached hydrogens (primary N) is 1. The van der Waals surface area contributed by atoms with Crippen molar-refractivity contribution in [2.75, 3.05) is 0 Å². The molecule has 1 amide bonds. The largest absolute Gasteiger partial charge is 0.480 e. The summed E-state index contributed by atoms with van der Waals surface area (Å²) in [6.07, 6.45) is 0. The van der Waals surface area contributed by atoms with Crippen molar-refractivity contribution < 1.29 is 14.7 Å². The van der Waals surface area contributed by atoms with Gasteiger partial charge in [-0.1, -0.05) is 44.2 Å². The molecule has 0 saturated carbocycles. The van der Waals surface area contributed by atoms with E-state index in [0.29, 0.717) is 5.56 Å². The van der Waals surface area contributed by atoms with Gasteiger partial charge in [-0.15, -0.1) is 0 Å². The van der Waals surface area contributed by atoms with Crippen molar-refractivity contribution in [3.63, 3.8) is 0 Å². The van der Waals surface area contributed by atoms with Crippen molar-refractivity contribution in [3.05, 3.63) is 35.9 Å². The SMILES string of the molecule is CC(C)[C@@H](NC(=O)[C@H](N)c1ccccc1)C(=O)O. The molecule has 2 atom stereocenters. The zero-order valence-electron chi connectivity index (χ0n) is 10.5. The number of aliphatic carboxylic acids is 1. The lowest BCUT2D eigenvalue weighted by molar-refractivity contribution is -0.143. The molecule has 4 N–H and O–H groups in total. The summed E-state index contributed by atoms with van der Waals surface area (Å²) in [5.41, 5.74) is 6.44. The van der Waals surface area contributed by atoms with E-state index in [1.54, 1.807) is 38.1 Å². The monoisotopic (exact) mass is 250 g/mol. The Kier molecular flexibility index (Phi) is 4.85. The number of nitrogens with one attached hydrogen (secondary N) is 1. The first-order chi connectivity index (χ1) is 8.43. The summed E-state index contributed by atoms with van der Waals surface area (Å²) >= 11 is 0. The summed E-state index contributed by atoms with van der Waals surface area (Å²) in [5.74, 6) is -1.74. The highest BCUT2D eigenvalue weighted by molar-refractivity contribution is 5.87. The second kappa shape index (κ2) is 6.16. The van der Waals surface area contributed by atoms with Gasteiger partial charge in [0.25, 0.3) is 0 Å². The average molecular weight is 250 g/mol. The fraction of sp³-hybridized carbons (Fsp3) is 0.385. The first-order valence-electron chi connectivity index (χ1n) is 5.77. The van der Waals surface area contributed by atoms with E-state index in [2.05, 4.69) is 5.32 Å². The van der Waals surface area contributed by atoms with Crippen LogP contribution in [0.5, 0.6) is 0 Å². The van der Waals surface area contributed by atoms with Crippen LogP contribution < -0.4 is 11.1 Å². The van der Waals surface area contributed by atoms with Crippen LogP contribution in [0.15, 0.2) is 30.3 Å². The number of amides is 1. The van der Waals surface area contributed by atoms with E-state index in [9.17, 15) is 9.59 Å². The number of carboxylic acid groups (broad SMARTS) is 1. The first kappa shape index (κ1) is 14.2. The van der Waals surface area contributed by atoms with Crippen molar-refractivity contribution in [1.29, 1.82) is 0 Å². The van der Waals surface area contributed by atoms with E-state index in [0.717, 1.165) is 0 Å². The Morgan fingerprint density at radius 1 is 1.22 bits per heavy atom. The molecule has 0 aromatic heterocycles. The molecule has 5 nitrogen and oxygen atoms in total. The average Bonchev–Trinajstić information content (AvgIpc) is 2.35. The normalized spacial score (nSPS) is 14.0. The molecule has 0 aliphatic rings. The molecule has 1 rings (SSSR count). The van der Waals surface area contributed by atoms with Crippen LogP contribution >= 0.6 is 0 Å². The molecule has 0 heterocycles. The standard InChI is InChI=1S/C13H18N2O3/c1-8(2)11(13(17)18)15-12(16)10(14)9-6-4-3-5-7-9/h3-8,10-11H,14H2,1-2H3,(H,15,16)(H,17,18)/t10-,11-/m1/s1. The van der Waals surface area contributed by atoms with Crippen LogP contribution in [0, 0.1) is 5.92 Å².